The van der Waals surface area contributed by atoms with E-state index in [0.29, 0.717) is 30.6 Å². The van der Waals surface area contributed by atoms with Crippen LogP contribution in [0.2, 0.25) is 0 Å². The Morgan fingerprint density at radius 2 is 1.89 bits per heavy atom. The number of nitriles is 1. The van der Waals surface area contributed by atoms with Gasteiger partial charge in [-0.15, -0.1) is 6.42 Å². The number of nitrogens with zero attached hydrogens (tertiary/aromatic N) is 2. The first kappa shape index (κ1) is 18.3. The van der Waals surface area contributed by atoms with Crippen LogP contribution in [0.25, 0.3) is 0 Å². The van der Waals surface area contributed by atoms with Crippen molar-refractivity contribution in [2.75, 3.05) is 13.7 Å². The second kappa shape index (κ2) is 6.84. The van der Waals surface area contributed by atoms with E-state index < -0.39 is 6.04 Å². The molecule has 4 aliphatic carbocycles. The molecule has 5 fully saturated rings. The van der Waals surface area contributed by atoms with Gasteiger partial charge in [-0.2, -0.15) is 5.26 Å². The van der Waals surface area contributed by atoms with Gasteiger partial charge in [0.25, 0.3) is 0 Å². The van der Waals surface area contributed by atoms with Gasteiger partial charge in [0.1, 0.15) is 6.04 Å². The Balaban J connectivity index is 1.42. The van der Waals surface area contributed by atoms with E-state index in [-0.39, 0.29) is 35.9 Å². The summed E-state index contributed by atoms with van der Waals surface area (Å²) >= 11 is 0. The maximum atomic E-state index is 12.8. The Bertz CT molecular complexity index is 683. The fourth-order valence-corrected chi connectivity index (χ4v) is 6.57. The molecular weight excluding hydrogens is 342 g/mol. The summed E-state index contributed by atoms with van der Waals surface area (Å²) < 4.78 is 5.11. The summed E-state index contributed by atoms with van der Waals surface area (Å²) in [6.07, 6.45) is 11.8. The number of esters is 1. The highest BCUT2D eigenvalue weighted by Gasteiger charge is 2.59. The van der Waals surface area contributed by atoms with Gasteiger partial charge in [-0.1, -0.05) is 5.92 Å². The van der Waals surface area contributed by atoms with Gasteiger partial charge in [0.05, 0.1) is 31.2 Å². The maximum Gasteiger partial charge on any atom is 0.311 e. The Kier molecular flexibility index (Phi) is 4.64. The quantitative estimate of drug-likeness (QED) is 0.599. The molecule has 5 rings (SSSR count). The molecule has 1 heterocycles. The zero-order valence-corrected chi connectivity index (χ0v) is 15.8. The lowest BCUT2D eigenvalue weighted by atomic mass is 9.48. The molecule has 0 aromatic heterocycles. The second-order valence-corrected chi connectivity index (χ2v) is 8.85. The zero-order chi connectivity index (χ0) is 19.2. The first-order valence-corrected chi connectivity index (χ1v) is 10.00. The Hall–Kier alpha value is -2.05. The van der Waals surface area contributed by atoms with Crippen LogP contribution in [0.1, 0.15) is 44.9 Å². The molecular formula is C21H27N3O3. The van der Waals surface area contributed by atoms with E-state index in [1.165, 1.54) is 7.11 Å². The standard InChI is InChI=1S/C21H27N3O3/c1-3-16-4-5-17(11-22)24(16)18(25)12-23-19-14-6-13-7-15(19)10-21(8-13,9-14)20(26)27-2/h1,13-17,19,23H,4-10,12H2,2H3/t13?,14-,15?,16?,17+,19?,21?/m1/s1. The molecule has 4 bridgehead atoms. The van der Waals surface area contributed by atoms with Crippen LogP contribution >= 0.6 is 0 Å². The van der Waals surface area contributed by atoms with Gasteiger partial charge < -0.3 is 15.0 Å². The van der Waals surface area contributed by atoms with E-state index in [1.807, 2.05) is 0 Å². The molecule has 0 radical (unpaired) electrons. The van der Waals surface area contributed by atoms with E-state index in [0.717, 1.165) is 32.1 Å². The minimum Gasteiger partial charge on any atom is -0.469 e. The number of hydrogen-bond donors (Lipinski definition) is 1. The average Bonchev–Trinajstić information content (AvgIpc) is 3.09. The van der Waals surface area contributed by atoms with Crippen molar-refractivity contribution >= 4 is 11.9 Å². The summed E-state index contributed by atoms with van der Waals surface area (Å²) in [5, 5.41) is 12.8. The Labute approximate surface area is 160 Å². The molecule has 6 heteroatoms. The first-order valence-electron chi connectivity index (χ1n) is 10.00. The zero-order valence-electron chi connectivity index (χ0n) is 15.8. The molecule has 1 aliphatic heterocycles. The molecule has 7 atom stereocenters. The largest absolute Gasteiger partial charge is 0.469 e. The normalized spacial score (nSPS) is 41.8. The van der Waals surface area contributed by atoms with E-state index in [9.17, 15) is 14.9 Å². The van der Waals surface area contributed by atoms with Crippen molar-refractivity contribution in [2.45, 2.75) is 63.1 Å². The molecule has 0 spiro atoms. The summed E-state index contributed by atoms with van der Waals surface area (Å²) in [5.74, 6) is 3.94. The topological polar surface area (TPSA) is 82.4 Å². The predicted molar refractivity (Wildman–Crippen MR) is 97.9 cm³/mol. The van der Waals surface area contributed by atoms with Crippen molar-refractivity contribution in [2.24, 2.45) is 23.2 Å². The van der Waals surface area contributed by atoms with Crippen LogP contribution in [0.15, 0.2) is 0 Å². The summed E-state index contributed by atoms with van der Waals surface area (Å²) in [4.78, 5) is 26.8. The number of terminal acetylenes is 1. The van der Waals surface area contributed by atoms with Crippen molar-refractivity contribution in [3.8, 4) is 18.4 Å². The van der Waals surface area contributed by atoms with Crippen LogP contribution in [-0.2, 0) is 14.3 Å². The number of likely N-dealkylation sites (tertiary alicyclic amines) is 1. The van der Waals surface area contributed by atoms with E-state index in [1.54, 1.807) is 4.90 Å². The summed E-state index contributed by atoms with van der Waals surface area (Å²) in [6, 6.07) is 1.77. The third kappa shape index (κ3) is 2.91. The van der Waals surface area contributed by atoms with Gasteiger partial charge in [-0.3, -0.25) is 9.59 Å². The molecule has 5 aliphatic rings. The lowest BCUT2D eigenvalue weighted by molar-refractivity contribution is -0.171. The van der Waals surface area contributed by atoms with Crippen LogP contribution in [0.3, 0.4) is 0 Å². The number of rotatable bonds is 4. The minimum absolute atomic E-state index is 0.0535. The molecule has 1 N–H and O–H groups in total. The van der Waals surface area contributed by atoms with Crippen molar-refractivity contribution in [3.05, 3.63) is 0 Å². The second-order valence-electron chi connectivity index (χ2n) is 8.85. The van der Waals surface area contributed by atoms with Crippen molar-refractivity contribution in [3.63, 3.8) is 0 Å². The molecule has 6 nitrogen and oxygen atoms in total. The molecule has 1 saturated heterocycles. The number of methoxy groups -OCH3 is 1. The van der Waals surface area contributed by atoms with Gasteiger partial charge in [0.15, 0.2) is 0 Å². The first-order chi connectivity index (χ1) is 13.0. The molecule has 144 valence electrons. The average molecular weight is 369 g/mol. The number of carbonyl (C=O) groups is 2. The third-order valence-corrected chi connectivity index (χ3v) is 7.40. The van der Waals surface area contributed by atoms with E-state index >= 15 is 0 Å². The third-order valence-electron chi connectivity index (χ3n) is 7.40. The molecule has 5 unspecified atom stereocenters. The van der Waals surface area contributed by atoms with Gasteiger partial charge in [-0.05, 0) is 62.7 Å². The van der Waals surface area contributed by atoms with Crippen LogP contribution in [0.4, 0.5) is 0 Å². The fraction of sp³-hybridized carbons (Fsp3) is 0.762. The number of hydrogen-bond acceptors (Lipinski definition) is 5. The summed E-state index contributed by atoms with van der Waals surface area (Å²) in [6.45, 7) is 0.212. The number of carbonyl (C=O) groups excluding carboxylic acids is 2. The Morgan fingerprint density at radius 1 is 1.22 bits per heavy atom. The maximum absolute atomic E-state index is 12.8. The molecule has 0 aromatic carbocycles. The highest BCUT2D eigenvalue weighted by atomic mass is 16.5. The van der Waals surface area contributed by atoms with Crippen LogP contribution < -0.4 is 5.32 Å². The fourth-order valence-electron chi connectivity index (χ4n) is 6.57. The van der Waals surface area contributed by atoms with Crippen LogP contribution in [0.5, 0.6) is 0 Å². The predicted octanol–water partition coefficient (Wildman–Crippen LogP) is 1.46. The SMILES string of the molecule is C#CC1CC[C@@H](C#N)N1C(=O)CNC1C2CC3C[C@@H]1CC(C(=O)OC)(C3)C2. The van der Waals surface area contributed by atoms with Gasteiger partial charge in [-0.25, -0.2) is 0 Å². The van der Waals surface area contributed by atoms with Crippen molar-refractivity contribution in [1.82, 2.24) is 10.2 Å². The summed E-state index contributed by atoms with van der Waals surface area (Å²) in [7, 11) is 1.48. The van der Waals surface area contributed by atoms with Gasteiger partial charge in [0.2, 0.25) is 5.91 Å². The molecule has 0 aromatic rings. The van der Waals surface area contributed by atoms with Crippen LogP contribution in [-0.4, -0.2) is 48.6 Å². The highest BCUT2D eigenvalue weighted by molar-refractivity contribution is 5.80. The van der Waals surface area contributed by atoms with Crippen LogP contribution in [0, 0.1) is 46.8 Å². The highest BCUT2D eigenvalue weighted by Crippen LogP contribution is 2.60. The number of amides is 1. The lowest BCUT2D eigenvalue weighted by Crippen LogP contribution is -2.61. The molecule has 4 saturated carbocycles. The van der Waals surface area contributed by atoms with Gasteiger partial charge in [0, 0.05) is 6.04 Å². The summed E-state index contributed by atoms with van der Waals surface area (Å²) in [5.41, 5.74) is -0.303. The lowest BCUT2D eigenvalue weighted by Gasteiger charge is -2.58. The molecule has 1 amide bonds. The number of nitrogens with one attached hydrogen (secondary N) is 1. The van der Waals surface area contributed by atoms with E-state index in [4.69, 9.17) is 11.2 Å². The van der Waals surface area contributed by atoms with Crippen molar-refractivity contribution in [1.29, 1.82) is 5.26 Å². The minimum atomic E-state index is -0.415. The van der Waals surface area contributed by atoms with Crippen molar-refractivity contribution < 1.29 is 14.3 Å². The monoisotopic (exact) mass is 369 g/mol. The number of ether oxygens (including phenoxy) is 1. The van der Waals surface area contributed by atoms with Gasteiger partial charge >= 0.3 is 5.97 Å². The molecule has 27 heavy (non-hydrogen) atoms. The smallest absolute Gasteiger partial charge is 0.311 e. The van der Waals surface area contributed by atoms with E-state index in [2.05, 4.69) is 17.3 Å². The Morgan fingerprint density at radius 3 is 2.48 bits per heavy atom.